The lowest BCUT2D eigenvalue weighted by atomic mass is 9.97. The first-order valence-corrected chi connectivity index (χ1v) is 11.5. The Morgan fingerprint density at radius 2 is 1.94 bits per heavy atom. The quantitative estimate of drug-likeness (QED) is 0.676. The molecule has 2 aliphatic rings. The molecule has 1 N–H and O–H groups in total. The van der Waals surface area contributed by atoms with Crippen LogP contribution < -0.4 is 4.72 Å². The van der Waals surface area contributed by atoms with Crippen LogP contribution in [0.3, 0.4) is 0 Å². The molecule has 1 aromatic carbocycles. The molecule has 4 rings (SSSR count). The van der Waals surface area contributed by atoms with E-state index in [9.17, 15) is 26.0 Å². The Morgan fingerprint density at radius 3 is 2.62 bits per heavy atom. The van der Waals surface area contributed by atoms with Gasteiger partial charge in [0.2, 0.25) is 16.0 Å². The number of alkyl halides is 1. The Labute approximate surface area is 182 Å². The number of amidine groups is 1. The molecule has 2 atom stereocenters. The monoisotopic (exact) mass is 472 g/mol. The van der Waals surface area contributed by atoms with Gasteiger partial charge in [-0.2, -0.15) is 0 Å². The number of likely N-dealkylation sites (tertiary alicyclic amines) is 1. The Morgan fingerprint density at radius 1 is 1.22 bits per heavy atom. The zero-order chi connectivity index (χ0) is 23.0. The summed E-state index contributed by atoms with van der Waals surface area (Å²) in [5.74, 6) is -2.62. The number of hydrogen-bond acceptors (Lipinski definition) is 6. The van der Waals surface area contributed by atoms with Crippen molar-refractivity contribution in [1.29, 1.82) is 0 Å². The summed E-state index contributed by atoms with van der Waals surface area (Å²) in [5, 5.41) is 4.05. The highest BCUT2D eigenvalue weighted by atomic mass is 32.2. The fourth-order valence-electron chi connectivity index (χ4n) is 3.91. The minimum Gasteiger partial charge on any atom is -0.384 e. The lowest BCUT2D eigenvalue weighted by Gasteiger charge is -2.18. The van der Waals surface area contributed by atoms with E-state index in [-0.39, 0.29) is 24.2 Å². The van der Waals surface area contributed by atoms with Crippen molar-refractivity contribution in [3.8, 4) is 11.1 Å². The van der Waals surface area contributed by atoms with Crippen LogP contribution in [-0.4, -0.2) is 49.3 Å². The summed E-state index contributed by atoms with van der Waals surface area (Å²) < 4.78 is 80.0. The number of hydrogen-bond donors (Lipinski definition) is 1. The average molecular weight is 472 g/mol. The fraction of sp³-hybridized carbons (Fsp3) is 0.400. The highest BCUT2D eigenvalue weighted by molar-refractivity contribution is 7.89. The molecule has 1 fully saturated rings. The zero-order valence-electron chi connectivity index (χ0n) is 17.0. The molecule has 0 bridgehead atoms. The number of aromatic nitrogens is 1. The van der Waals surface area contributed by atoms with Crippen LogP contribution in [0.25, 0.3) is 11.1 Å². The van der Waals surface area contributed by atoms with Gasteiger partial charge in [-0.05, 0) is 25.0 Å². The smallest absolute Gasteiger partial charge is 0.241 e. The van der Waals surface area contributed by atoms with E-state index in [0.29, 0.717) is 36.5 Å². The third-order valence-electron chi connectivity index (χ3n) is 5.33. The van der Waals surface area contributed by atoms with Crippen molar-refractivity contribution in [1.82, 2.24) is 14.6 Å². The standard InChI is InChI=1S/C20H20F4N4O3S/c1-11-4-14(19-15(23)5-12(22)6-16(19)24)20(25-8-11)17-7-18(26-31-17)28-3-2-13(9-28)27-32(29,30)10-21/h4-6,8,13,17,27H,2-3,7,9-10H2,1H3/t13-,17-/m0/s1. The van der Waals surface area contributed by atoms with Crippen LogP contribution in [0, 0.1) is 24.4 Å². The van der Waals surface area contributed by atoms with Crippen LogP contribution in [0.1, 0.15) is 30.2 Å². The number of pyridine rings is 1. The Kier molecular flexibility index (Phi) is 6.08. The first kappa shape index (κ1) is 22.5. The van der Waals surface area contributed by atoms with Gasteiger partial charge in [0.05, 0.1) is 17.7 Å². The third kappa shape index (κ3) is 4.56. The van der Waals surface area contributed by atoms with E-state index < -0.39 is 51.2 Å². The minimum absolute atomic E-state index is 0.136. The van der Waals surface area contributed by atoms with Crippen molar-refractivity contribution in [3.05, 3.63) is 53.1 Å². The summed E-state index contributed by atoms with van der Waals surface area (Å²) in [6.07, 6.45) is 1.47. The fourth-order valence-corrected chi connectivity index (χ4v) is 4.67. The molecule has 7 nitrogen and oxygen atoms in total. The number of nitrogens with zero attached hydrogens (tertiary/aromatic N) is 3. The molecule has 0 saturated carbocycles. The number of halogens is 4. The lowest BCUT2D eigenvalue weighted by molar-refractivity contribution is 0.0828. The molecule has 0 radical (unpaired) electrons. The van der Waals surface area contributed by atoms with Crippen molar-refractivity contribution in [2.75, 3.05) is 19.1 Å². The SMILES string of the molecule is Cc1cnc([C@@H]2CC(N3CC[C@H](NS(=O)(=O)CF)C3)=NO2)c(-c2c(F)cc(F)cc2F)c1. The van der Waals surface area contributed by atoms with Crippen molar-refractivity contribution in [2.45, 2.75) is 31.9 Å². The molecule has 1 saturated heterocycles. The van der Waals surface area contributed by atoms with Gasteiger partial charge < -0.3 is 9.74 Å². The highest BCUT2D eigenvalue weighted by Crippen LogP contribution is 2.37. The molecule has 2 aromatic rings. The third-order valence-corrected chi connectivity index (χ3v) is 6.31. The maximum absolute atomic E-state index is 14.5. The Bertz CT molecular complexity index is 1150. The molecule has 0 amide bonds. The van der Waals surface area contributed by atoms with Gasteiger partial charge in [-0.1, -0.05) is 5.16 Å². The molecule has 172 valence electrons. The van der Waals surface area contributed by atoms with Gasteiger partial charge in [-0.3, -0.25) is 4.98 Å². The second kappa shape index (κ2) is 8.66. The number of nitrogens with one attached hydrogen (secondary N) is 1. The van der Waals surface area contributed by atoms with E-state index in [1.165, 1.54) is 6.20 Å². The maximum Gasteiger partial charge on any atom is 0.241 e. The van der Waals surface area contributed by atoms with Crippen molar-refractivity contribution in [3.63, 3.8) is 0 Å². The van der Waals surface area contributed by atoms with Crippen LogP contribution in [0.5, 0.6) is 0 Å². The molecule has 0 unspecified atom stereocenters. The summed E-state index contributed by atoms with van der Waals surface area (Å²) in [4.78, 5) is 11.6. The van der Waals surface area contributed by atoms with Gasteiger partial charge >= 0.3 is 0 Å². The normalized spacial score (nSPS) is 21.0. The summed E-state index contributed by atoms with van der Waals surface area (Å²) in [7, 11) is -3.98. The van der Waals surface area contributed by atoms with Crippen LogP contribution in [0.15, 0.2) is 29.6 Å². The number of aryl methyl sites for hydroxylation is 1. The number of rotatable bonds is 5. The van der Waals surface area contributed by atoms with E-state index in [1.54, 1.807) is 17.9 Å². The van der Waals surface area contributed by atoms with E-state index in [4.69, 9.17) is 4.84 Å². The first-order chi connectivity index (χ1) is 15.2. The average Bonchev–Trinajstić information content (AvgIpc) is 3.37. The maximum atomic E-state index is 14.5. The molecular weight excluding hydrogens is 452 g/mol. The summed E-state index contributed by atoms with van der Waals surface area (Å²) >= 11 is 0. The van der Waals surface area contributed by atoms with Crippen LogP contribution >= 0.6 is 0 Å². The van der Waals surface area contributed by atoms with Crippen LogP contribution in [0.4, 0.5) is 17.6 Å². The van der Waals surface area contributed by atoms with Crippen molar-refractivity contribution >= 4 is 15.9 Å². The molecule has 3 heterocycles. The molecule has 1 aromatic heterocycles. The Hall–Kier alpha value is -2.73. The van der Waals surface area contributed by atoms with Crippen LogP contribution in [0.2, 0.25) is 0 Å². The molecule has 2 aliphatic heterocycles. The summed E-state index contributed by atoms with van der Waals surface area (Å²) in [5.41, 5.74) is 0.620. The van der Waals surface area contributed by atoms with Crippen molar-refractivity contribution < 1.29 is 30.8 Å². The van der Waals surface area contributed by atoms with Gasteiger partial charge in [0.1, 0.15) is 23.3 Å². The van der Waals surface area contributed by atoms with Crippen LogP contribution in [-0.2, 0) is 14.9 Å². The lowest BCUT2D eigenvalue weighted by Crippen LogP contribution is -2.38. The molecule has 32 heavy (non-hydrogen) atoms. The Balaban J connectivity index is 1.54. The highest BCUT2D eigenvalue weighted by Gasteiger charge is 2.35. The number of benzene rings is 1. The summed E-state index contributed by atoms with van der Waals surface area (Å²) in [6, 6.07) is 0.789. The second-order valence-electron chi connectivity index (χ2n) is 7.77. The molecule has 0 aliphatic carbocycles. The molecular formula is C20H20F4N4O3S. The predicted octanol–water partition coefficient (Wildman–Crippen LogP) is 3.17. The van der Waals surface area contributed by atoms with E-state index >= 15 is 0 Å². The molecule has 12 heteroatoms. The van der Waals surface area contributed by atoms with Crippen molar-refractivity contribution in [2.24, 2.45) is 5.16 Å². The molecule has 0 spiro atoms. The predicted molar refractivity (Wildman–Crippen MR) is 108 cm³/mol. The van der Waals surface area contributed by atoms with E-state index in [0.717, 1.165) is 0 Å². The van der Waals surface area contributed by atoms with Gasteiger partial charge in [-0.25, -0.2) is 30.7 Å². The topological polar surface area (TPSA) is 83.9 Å². The summed E-state index contributed by atoms with van der Waals surface area (Å²) in [6.45, 7) is 2.47. The van der Waals surface area contributed by atoms with Gasteiger partial charge in [0, 0.05) is 43.0 Å². The van der Waals surface area contributed by atoms with E-state index in [2.05, 4.69) is 14.9 Å². The van der Waals surface area contributed by atoms with Gasteiger partial charge in [-0.15, -0.1) is 0 Å². The van der Waals surface area contributed by atoms with Gasteiger partial charge in [0.25, 0.3) is 0 Å². The van der Waals surface area contributed by atoms with Gasteiger partial charge in [0.15, 0.2) is 6.10 Å². The minimum atomic E-state index is -3.98. The number of sulfonamides is 1. The first-order valence-electron chi connectivity index (χ1n) is 9.82. The zero-order valence-corrected chi connectivity index (χ0v) is 17.8. The number of oxime groups is 1. The largest absolute Gasteiger partial charge is 0.384 e. The van der Waals surface area contributed by atoms with E-state index in [1.807, 2.05) is 0 Å². The second-order valence-corrected chi connectivity index (χ2v) is 9.45.